The van der Waals surface area contributed by atoms with E-state index in [0.29, 0.717) is 28.1 Å². The second-order valence-corrected chi connectivity index (χ2v) is 8.10. The van der Waals surface area contributed by atoms with Gasteiger partial charge in [0.25, 0.3) is 0 Å². The topological polar surface area (TPSA) is 77.7 Å². The number of alkyl halides is 2. The summed E-state index contributed by atoms with van der Waals surface area (Å²) in [5.74, 6) is -2.82. The van der Waals surface area contributed by atoms with Crippen LogP contribution in [-0.4, -0.2) is 33.9 Å². The van der Waals surface area contributed by atoms with E-state index in [-0.39, 0.29) is 0 Å². The highest BCUT2D eigenvalue weighted by molar-refractivity contribution is 7.99. The zero-order valence-corrected chi connectivity index (χ0v) is 15.2. The SMILES string of the molecule is CCn1c(Sc2ccc(S(=O)(=O)C(F)F)cc2)nnc1-c1ccccn1. The molecular weight excluding hydrogens is 382 g/mol. The molecule has 0 bridgehead atoms. The quantitative estimate of drug-likeness (QED) is 0.635. The van der Waals surface area contributed by atoms with Gasteiger partial charge in [-0.05, 0) is 55.1 Å². The first-order chi connectivity index (χ1) is 12.4. The highest BCUT2D eigenvalue weighted by Crippen LogP contribution is 2.30. The first-order valence-corrected chi connectivity index (χ1v) is 9.94. The summed E-state index contributed by atoms with van der Waals surface area (Å²) in [6.45, 7) is 2.55. The van der Waals surface area contributed by atoms with Gasteiger partial charge in [-0.25, -0.2) is 8.42 Å². The first-order valence-electron chi connectivity index (χ1n) is 7.58. The molecule has 0 unspecified atom stereocenters. The Balaban J connectivity index is 1.87. The van der Waals surface area contributed by atoms with Gasteiger partial charge in [0.05, 0.1) is 4.90 Å². The summed E-state index contributed by atoms with van der Waals surface area (Å²) in [5, 5.41) is 8.92. The second kappa shape index (κ2) is 7.50. The zero-order chi connectivity index (χ0) is 18.7. The van der Waals surface area contributed by atoms with Crippen LogP contribution < -0.4 is 0 Å². The maximum atomic E-state index is 12.6. The average molecular weight is 396 g/mol. The molecule has 0 aliphatic heterocycles. The van der Waals surface area contributed by atoms with E-state index in [0.717, 1.165) is 12.1 Å². The molecule has 3 aromatic rings. The lowest BCUT2D eigenvalue weighted by molar-refractivity contribution is 0.234. The van der Waals surface area contributed by atoms with Crippen molar-refractivity contribution in [2.45, 2.75) is 34.2 Å². The number of hydrogen-bond donors (Lipinski definition) is 0. The van der Waals surface area contributed by atoms with Crippen molar-refractivity contribution in [2.75, 3.05) is 0 Å². The molecule has 10 heteroatoms. The Labute approximate surface area is 153 Å². The highest BCUT2D eigenvalue weighted by Gasteiger charge is 2.26. The normalized spacial score (nSPS) is 11.8. The lowest BCUT2D eigenvalue weighted by Crippen LogP contribution is -2.11. The molecule has 0 spiro atoms. The van der Waals surface area contributed by atoms with Crippen LogP contribution in [0.2, 0.25) is 0 Å². The van der Waals surface area contributed by atoms with Crippen LogP contribution in [0.5, 0.6) is 0 Å². The maximum absolute atomic E-state index is 12.6. The van der Waals surface area contributed by atoms with Crippen molar-refractivity contribution in [3.63, 3.8) is 0 Å². The van der Waals surface area contributed by atoms with E-state index in [4.69, 9.17) is 0 Å². The minimum absolute atomic E-state index is 0.414. The number of aromatic nitrogens is 4. The first kappa shape index (κ1) is 18.5. The lowest BCUT2D eigenvalue weighted by Gasteiger charge is -2.07. The van der Waals surface area contributed by atoms with Crippen LogP contribution in [0, 0.1) is 0 Å². The van der Waals surface area contributed by atoms with Gasteiger partial charge in [0.2, 0.25) is 9.84 Å². The van der Waals surface area contributed by atoms with Gasteiger partial charge in [-0.3, -0.25) is 4.98 Å². The fourth-order valence-electron chi connectivity index (χ4n) is 2.24. The predicted molar refractivity (Wildman–Crippen MR) is 92.7 cm³/mol. The molecule has 26 heavy (non-hydrogen) atoms. The average Bonchev–Trinajstić information content (AvgIpc) is 3.05. The summed E-state index contributed by atoms with van der Waals surface area (Å²) in [6.07, 6.45) is 1.67. The number of halogens is 2. The van der Waals surface area contributed by atoms with Crippen molar-refractivity contribution in [1.82, 2.24) is 19.7 Å². The molecule has 2 aromatic heterocycles. The maximum Gasteiger partial charge on any atom is 0.341 e. The molecular formula is C16H14F2N4O2S2. The van der Waals surface area contributed by atoms with E-state index in [2.05, 4.69) is 15.2 Å². The molecule has 0 aliphatic rings. The number of pyridine rings is 1. The Morgan fingerprint density at radius 2 is 1.85 bits per heavy atom. The molecule has 0 aliphatic carbocycles. The summed E-state index contributed by atoms with van der Waals surface area (Å²) < 4.78 is 50.0. The van der Waals surface area contributed by atoms with E-state index in [1.54, 1.807) is 12.3 Å². The zero-order valence-electron chi connectivity index (χ0n) is 13.6. The molecule has 0 saturated carbocycles. The lowest BCUT2D eigenvalue weighted by atomic mass is 10.3. The van der Waals surface area contributed by atoms with Crippen molar-refractivity contribution in [3.8, 4) is 11.5 Å². The molecule has 6 nitrogen and oxygen atoms in total. The summed E-state index contributed by atoms with van der Waals surface area (Å²) >= 11 is 1.26. The molecule has 1 aromatic carbocycles. The van der Waals surface area contributed by atoms with Crippen LogP contribution in [0.25, 0.3) is 11.5 Å². The molecule has 0 N–H and O–H groups in total. The van der Waals surface area contributed by atoms with Crippen molar-refractivity contribution in [1.29, 1.82) is 0 Å². The smallest absolute Gasteiger partial charge is 0.301 e. The van der Waals surface area contributed by atoms with E-state index in [9.17, 15) is 17.2 Å². The highest BCUT2D eigenvalue weighted by atomic mass is 32.2. The summed E-state index contributed by atoms with van der Waals surface area (Å²) in [6, 6.07) is 10.7. The minimum Gasteiger partial charge on any atom is -0.301 e. The third-order valence-electron chi connectivity index (χ3n) is 3.52. The van der Waals surface area contributed by atoms with Gasteiger partial charge in [-0.2, -0.15) is 8.78 Å². The standard InChI is InChI=1S/C16H14F2N4O2S2/c1-2-22-14(13-5-3-4-10-19-13)20-21-16(22)25-11-6-8-12(9-7-11)26(23,24)15(17)18/h3-10,15H,2H2,1H3. The van der Waals surface area contributed by atoms with Gasteiger partial charge in [0, 0.05) is 17.6 Å². The second-order valence-electron chi connectivity index (χ2n) is 5.14. The molecule has 0 fully saturated rings. The van der Waals surface area contributed by atoms with Crippen LogP contribution >= 0.6 is 11.8 Å². The summed E-state index contributed by atoms with van der Waals surface area (Å²) in [5.41, 5.74) is 0.687. The van der Waals surface area contributed by atoms with Gasteiger partial charge in [0.1, 0.15) is 5.69 Å². The molecule has 0 radical (unpaired) electrons. The Kier molecular flexibility index (Phi) is 5.33. The number of benzene rings is 1. The largest absolute Gasteiger partial charge is 0.341 e. The third-order valence-corrected chi connectivity index (χ3v) is 5.91. The van der Waals surface area contributed by atoms with Crippen LogP contribution in [0.15, 0.2) is 63.6 Å². The van der Waals surface area contributed by atoms with Gasteiger partial charge in [0.15, 0.2) is 11.0 Å². The predicted octanol–water partition coefficient (Wildman–Crippen LogP) is 3.51. The van der Waals surface area contributed by atoms with Gasteiger partial charge < -0.3 is 4.57 Å². The van der Waals surface area contributed by atoms with E-state index >= 15 is 0 Å². The van der Waals surface area contributed by atoms with Crippen LogP contribution in [0.1, 0.15) is 6.92 Å². The fourth-order valence-corrected chi connectivity index (χ4v) is 3.85. The van der Waals surface area contributed by atoms with Gasteiger partial charge in [-0.1, -0.05) is 6.07 Å². The molecule has 2 heterocycles. The number of sulfone groups is 1. The number of hydrogen-bond acceptors (Lipinski definition) is 6. The Morgan fingerprint density at radius 1 is 1.12 bits per heavy atom. The monoisotopic (exact) mass is 396 g/mol. The van der Waals surface area contributed by atoms with Crippen LogP contribution in [0.3, 0.4) is 0 Å². The van der Waals surface area contributed by atoms with Crippen molar-refractivity contribution in [2.24, 2.45) is 0 Å². The van der Waals surface area contributed by atoms with E-state index in [1.807, 2.05) is 23.6 Å². The van der Waals surface area contributed by atoms with E-state index < -0.39 is 20.5 Å². The molecule has 0 atom stereocenters. The van der Waals surface area contributed by atoms with Gasteiger partial charge >= 0.3 is 5.76 Å². The molecule has 136 valence electrons. The third kappa shape index (κ3) is 3.61. The molecule has 3 rings (SSSR count). The van der Waals surface area contributed by atoms with Crippen LogP contribution in [-0.2, 0) is 16.4 Å². The van der Waals surface area contributed by atoms with Crippen molar-refractivity contribution in [3.05, 3.63) is 48.7 Å². The Bertz CT molecular complexity index is 991. The van der Waals surface area contributed by atoms with Crippen LogP contribution in [0.4, 0.5) is 8.78 Å². The fraction of sp³-hybridized carbons (Fsp3) is 0.188. The number of nitrogens with zero attached hydrogens (tertiary/aromatic N) is 4. The minimum atomic E-state index is -4.60. The summed E-state index contributed by atoms with van der Waals surface area (Å²) in [4.78, 5) is 4.51. The van der Waals surface area contributed by atoms with Crippen molar-refractivity contribution < 1.29 is 17.2 Å². The number of rotatable bonds is 6. The summed E-state index contributed by atoms with van der Waals surface area (Å²) in [7, 11) is -4.60. The Morgan fingerprint density at radius 3 is 2.42 bits per heavy atom. The molecule has 0 amide bonds. The Hall–Kier alpha value is -2.33. The van der Waals surface area contributed by atoms with Crippen molar-refractivity contribution >= 4 is 21.6 Å². The van der Waals surface area contributed by atoms with Gasteiger partial charge in [-0.15, -0.1) is 10.2 Å². The van der Waals surface area contributed by atoms with E-state index in [1.165, 1.54) is 23.9 Å². The molecule has 0 saturated heterocycles.